The molecule has 0 unspecified atom stereocenters. The van der Waals surface area contributed by atoms with Crippen molar-refractivity contribution in [2.75, 3.05) is 5.73 Å². The number of imidazole rings is 1. The lowest BCUT2D eigenvalue weighted by atomic mass is 10.1. The maximum Gasteiger partial charge on any atom is 0.148 e. The fourth-order valence-electron chi connectivity index (χ4n) is 3.03. The van der Waals surface area contributed by atoms with Gasteiger partial charge in [-0.15, -0.1) is 11.3 Å². The van der Waals surface area contributed by atoms with Crippen molar-refractivity contribution in [2.24, 2.45) is 0 Å². The van der Waals surface area contributed by atoms with E-state index in [-0.39, 0.29) is 0 Å². The largest absolute Gasteiger partial charge is 0.383 e. The number of aryl methyl sites for hydroxylation is 2. The van der Waals surface area contributed by atoms with Crippen LogP contribution in [0.1, 0.15) is 18.2 Å². The zero-order valence-electron chi connectivity index (χ0n) is 12.6. The van der Waals surface area contributed by atoms with Gasteiger partial charge in [-0.25, -0.2) is 4.98 Å². The first-order valence-electron chi connectivity index (χ1n) is 7.43. The standard InChI is InChI=1S/C18H17N3S/c1-3-12-10-15-14(8-9-22-15)18-20-16(17(19)21(12)18)13-7-5-4-6-11(13)2/h4-10H,3,19H2,1-2H3. The first-order chi connectivity index (χ1) is 10.7. The molecule has 0 aliphatic carbocycles. The number of nitrogens with zero attached hydrogens (tertiary/aromatic N) is 2. The van der Waals surface area contributed by atoms with Crippen LogP contribution in [0.2, 0.25) is 0 Å². The Morgan fingerprint density at radius 1 is 1.23 bits per heavy atom. The van der Waals surface area contributed by atoms with Crippen LogP contribution in [0.5, 0.6) is 0 Å². The van der Waals surface area contributed by atoms with Gasteiger partial charge in [0.2, 0.25) is 0 Å². The molecule has 4 rings (SSSR count). The summed E-state index contributed by atoms with van der Waals surface area (Å²) in [6.45, 7) is 4.25. The zero-order valence-corrected chi connectivity index (χ0v) is 13.4. The van der Waals surface area contributed by atoms with Gasteiger partial charge in [0.25, 0.3) is 0 Å². The number of aromatic nitrogens is 2. The molecule has 3 nitrogen and oxygen atoms in total. The molecule has 4 heteroatoms. The highest BCUT2D eigenvalue weighted by Crippen LogP contribution is 2.34. The van der Waals surface area contributed by atoms with Crippen LogP contribution in [0.25, 0.3) is 27.0 Å². The van der Waals surface area contributed by atoms with E-state index in [0.29, 0.717) is 0 Å². The Morgan fingerprint density at radius 2 is 2.05 bits per heavy atom. The minimum absolute atomic E-state index is 0.731. The molecule has 0 saturated carbocycles. The first kappa shape index (κ1) is 13.3. The summed E-state index contributed by atoms with van der Waals surface area (Å²) >= 11 is 1.75. The summed E-state index contributed by atoms with van der Waals surface area (Å²) in [5, 5.41) is 3.29. The maximum atomic E-state index is 6.48. The smallest absolute Gasteiger partial charge is 0.148 e. The second kappa shape index (κ2) is 4.85. The van der Waals surface area contributed by atoms with Crippen molar-refractivity contribution < 1.29 is 0 Å². The van der Waals surface area contributed by atoms with E-state index in [0.717, 1.165) is 29.1 Å². The SMILES string of the molecule is CCc1cc2sccc2c2nc(-c3ccccc3C)c(N)n12. The number of nitrogen functional groups attached to an aromatic ring is 1. The lowest BCUT2D eigenvalue weighted by molar-refractivity contribution is 0.995. The number of anilines is 1. The van der Waals surface area contributed by atoms with Crippen molar-refractivity contribution in [3.05, 3.63) is 53.0 Å². The van der Waals surface area contributed by atoms with Crippen molar-refractivity contribution in [3.8, 4) is 11.3 Å². The number of fused-ring (bicyclic) bond motifs is 3. The quantitative estimate of drug-likeness (QED) is 0.585. The Hall–Kier alpha value is -2.33. The molecule has 3 heterocycles. The summed E-state index contributed by atoms with van der Waals surface area (Å²) in [5.74, 6) is 0.731. The molecule has 1 aromatic carbocycles. The third kappa shape index (κ3) is 1.77. The van der Waals surface area contributed by atoms with E-state index in [4.69, 9.17) is 10.7 Å². The molecule has 2 N–H and O–H groups in total. The van der Waals surface area contributed by atoms with E-state index in [1.54, 1.807) is 11.3 Å². The molecule has 3 aromatic heterocycles. The normalized spacial score (nSPS) is 11.5. The topological polar surface area (TPSA) is 43.3 Å². The molecule has 0 bridgehead atoms. The number of thiophene rings is 1. The van der Waals surface area contributed by atoms with Gasteiger partial charge in [0.05, 0.1) is 0 Å². The van der Waals surface area contributed by atoms with Gasteiger partial charge >= 0.3 is 0 Å². The van der Waals surface area contributed by atoms with Gasteiger partial charge in [-0.1, -0.05) is 31.2 Å². The van der Waals surface area contributed by atoms with Gasteiger partial charge in [0.15, 0.2) is 0 Å². The van der Waals surface area contributed by atoms with Gasteiger partial charge in [0.1, 0.15) is 17.2 Å². The van der Waals surface area contributed by atoms with Crippen molar-refractivity contribution in [1.29, 1.82) is 0 Å². The highest BCUT2D eigenvalue weighted by Gasteiger charge is 2.17. The van der Waals surface area contributed by atoms with Crippen LogP contribution in [-0.2, 0) is 6.42 Å². The molecule has 0 saturated heterocycles. The minimum atomic E-state index is 0.731. The van der Waals surface area contributed by atoms with Crippen LogP contribution in [0, 0.1) is 6.92 Å². The monoisotopic (exact) mass is 307 g/mol. The molecule has 110 valence electrons. The summed E-state index contributed by atoms with van der Waals surface area (Å²) in [7, 11) is 0. The minimum Gasteiger partial charge on any atom is -0.383 e. The molecule has 0 radical (unpaired) electrons. The summed E-state index contributed by atoms with van der Waals surface area (Å²) < 4.78 is 3.38. The van der Waals surface area contributed by atoms with Crippen LogP contribution < -0.4 is 5.73 Å². The fourth-order valence-corrected chi connectivity index (χ4v) is 3.88. The van der Waals surface area contributed by atoms with E-state index < -0.39 is 0 Å². The molecule has 0 aliphatic rings. The number of pyridine rings is 1. The molecule has 0 spiro atoms. The molecule has 22 heavy (non-hydrogen) atoms. The maximum absolute atomic E-state index is 6.48. The Balaban J connectivity index is 2.14. The van der Waals surface area contributed by atoms with Crippen molar-refractivity contribution in [3.63, 3.8) is 0 Å². The fraction of sp³-hybridized carbons (Fsp3) is 0.167. The summed E-state index contributed by atoms with van der Waals surface area (Å²) in [6.07, 6.45) is 0.929. The number of rotatable bonds is 2. The van der Waals surface area contributed by atoms with Gasteiger partial charge in [-0.3, -0.25) is 4.40 Å². The molecule has 0 amide bonds. The lowest BCUT2D eigenvalue weighted by Crippen LogP contribution is -2.00. The summed E-state index contributed by atoms with van der Waals surface area (Å²) in [4.78, 5) is 4.90. The number of hydrogen-bond donors (Lipinski definition) is 1. The number of benzene rings is 1. The van der Waals surface area contributed by atoms with Gasteiger partial charge in [0, 0.05) is 21.3 Å². The molecular formula is C18H17N3S. The lowest BCUT2D eigenvalue weighted by Gasteiger charge is -2.06. The Kier molecular flexibility index (Phi) is 2.94. The van der Waals surface area contributed by atoms with E-state index in [1.165, 1.54) is 21.3 Å². The Labute approximate surface area is 133 Å². The second-order valence-corrected chi connectivity index (χ2v) is 6.46. The predicted octanol–water partition coefficient (Wildman–Crippen LogP) is 4.67. The van der Waals surface area contributed by atoms with Crippen molar-refractivity contribution >= 4 is 32.9 Å². The number of hydrogen-bond acceptors (Lipinski definition) is 3. The van der Waals surface area contributed by atoms with Crippen LogP contribution in [-0.4, -0.2) is 9.38 Å². The number of nitrogens with two attached hydrogens (primary N) is 1. The third-order valence-electron chi connectivity index (χ3n) is 4.20. The van der Waals surface area contributed by atoms with E-state index in [9.17, 15) is 0 Å². The van der Waals surface area contributed by atoms with Crippen LogP contribution in [0.4, 0.5) is 5.82 Å². The third-order valence-corrected chi connectivity index (χ3v) is 5.06. The van der Waals surface area contributed by atoms with Crippen LogP contribution in [0.15, 0.2) is 41.8 Å². The molecule has 0 atom stereocenters. The van der Waals surface area contributed by atoms with Gasteiger partial charge in [-0.05, 0) is 36.4 Å². The first-order valence-corrected chi connectivity index (χ1v) is 8.31. The average Bonchev–Trinajstić information content (AvgIpc) is 3.12. The average molecular weight is 307 g/mol. The summed E-state index contributed by atoms with van der Waals surface area (Å²) in [5.41, 5.74) is 11.8. The van der Waals surface area contributed by atoms with E-state index >= 15 is 0 Å². The summed E-state index contributed by atoms with van der Waals surface area (Å²) in [6, 6.07) is 12.6. The Bertz CT molecular complexity index is 994. The second-order valence-electron chi connectivity index (χ2n) is 5.51. The van der Waals surface area contributed by atoms with Gasteiger partial charge < -0.3 is 5.73 Å². The van der Waals surface area contributed by atoms with Crippen molar-refractivity contribution in [1.82, 2.24) is 9.38 Å². The Morgan fingerprint density at radius 3 is 2.82 bits per heavy atom. The van der Waals surface area contributed by atoms with Crippen LogP contribution >= 0.6 is 11.3 Å². The highest BCUT2D eigenvalue weighted by molar-refractivity contribution is 7.17. The molecule has 4 aromatic rings. The zero-order chi connectivity index (χ0) is 15.3. The van der Waals surface area contributed by atoms with E-state index in [1.807, 2.05) is 12.1 Å². The van der Waals surface area contributed by atoms with Crippen LogP contribution in [0.3, 0.4) is 0 Å². The van der Waals surface area contributed by atoms with Gasteiger partial charge in [-0.2, -0.15) is 0 Å². The highest BCUT2D eigenvalue weighted by atomic mass is 32.1. The predicted molar refractivity (Wildman–Crippen MR) is 94.5 cm³/mol. The molecular weight excluding hydrogens is 290 g/mol. The molecule has 0 aliphatic heterocycles. The van der Waals surface area contributed by atoms with E-state index in [2.05, 4.69) is 47.9 Å². The molecule has 0 fully saturated rings. The van der Waals surface area contributed by atoms with Crippen molar-refractivity contribution in [2.45, 2.75) is 20.3 Å².